The van der Waals surface area contributed by atoms with Gasteiger partial charge in [-0.3, -0.25) is 14.4 Å². The summed E-state index contributed by atoms with van der Waals surface area (Å²) < 4.78 is 38.0. The number of ether oxygens (including phenoxy) is 2. The highest BCUT2D eigenvalue weighted by Gasteiger charge is 2.33. The number of aromatic nitrogens is 2. The standard InChI is InChI=1S/C29H29N5O7S/c1-33(2)42(38,39)22-14-15-23(24(18-22)41-4)32-28(36)25(26(35)19-10-12-21(40-3)13-11-19)34-17-16-30-27(34)29(37)31-20-8-6-5-7-9-20/h5-18,25H,1-4H3,(H,31,37)(H,32,36). The minimum Gasteiger partial charge on any atom is -0.497 e. The van der Waals surface area contributed by atoms with Gasteiger partial charge in [0.2, 0.25) is 10.0 Å². The van der Waals surface area contributed by atoms with Gasteiger partial charge in [0, 0.05) is 43.8 Å². The van der Waals surface area contributed by atoms with Gasteiger partial charge in [0.25, 0.3) is 11.8 Å². The lowest BCUT2D eigenvalue weighted by Crippen LogP contribution is -2.35. The third-order valence-corrected chi connectivity index (χ3v) is 8.07. The highest BCUT2D eigenvalue weighted by molar-refractivity contribution is 7.89. The van der Waals surface area contributed by atoms with E-state index in [0.29, 0.717) is 11.4 Å². The van der Waals surface area contributed by atoms with Crippen LogP contribution in [0.3, 0.4) is 0 Å². The summed E-state index contributed by atoms with van der Waals surface area (Å²) in [4.78, 5) is 44.9. The number of nitrogens with one attached hydrogen (secondary N) is 2. The van der Waals surface area contributed by atoms with E-state index in [4.69, 9.17) is 9.47 Å². The van der Waals surface area contributed by atoms with E-state index in [2.05, 4.69) is 15.6 Å². The fourth-order valence-electron chi connectivity index (χ4n) is 4.04. The molecule has 42 heavy (non-hydrogen) atoms. The molecule has 218 valence electrons. The fraction of sp³-hybridized carbons (Fsp3) is 0.172. The Morgan fingerprint density at radius 2 is 1.60 bits per heavy atom. The molecule has 1 heterocycles. The van der Waals surface area contributed by atoms with Crippen LogP contribution in [-0.2, 0) is 14.8 Å². The van der Waals surface area contributed by atoms with Crippen LogP contribution >= 0.6 is 0 Å². The van der Waals surface area contributed by atoms with Gasteiger partial charge in [0.15, 0.2) is 17.6 Å². The number of benzene rings is 3. The zero-order valence-corrected chi connectivity index (χ0v) is 24.1. The number of para-hydroxylation sites is 1. The Labute approximate surface area is 242 Å². The highest BCUT2D eigenvalue weighted by atomic mass is 32.2. The zero-order chi connectivity index (χ0) is 30.4. The van der Waals surface area contributed by atoms with Crippen LogP contribution in [0.15, 0.2) is 90.1 Å². The molecule has 0 aliphatic heterocycles. The van der Waals surface area contributed by atoms with Gasteiger partial charge < -0.3 is 24.7 Å². The summed E-state index contributed by atoms with van der Waals surface area (Å²) in [7, 11) is 1.80. The van der Waals surface area contributed by atoms with Gasteiger partial charge in [-0.25, -0.2) is 17.7 Å². The zero-order valence-electron chi connectivity index (χ0n) is 23.3. The predicted molar refractivity (Wildman–Crippen MR) is 155 cm³/mol. The second-order valence-corrected chi connectivity index (χ2v) is 11.3. The van der Waals surface area contributed by atoms with Crippen molar-refractivity contribution in [2.45, 2.75) is 10.9 Å². The summed E-state index contributed by atoms with van der Waals surface area (Å²) in [5.41, 5.74) is 0.790. The highest BCUT2D eigenvalue weighted by Crippen LogP contribution is 2.30. The second kappa shape index (κ2) is 12.7. The number of anilines is 2. The maximum absolute atomic E-state index is 13.8. The quantitative estimate of drug-likeness (QED) is 0.199. The summed E-state index contributed by atoms with van der Waals surface area (Å²) in [6.45, 7) is 0. The van der Waals surface area contributed by atoms with Gasteiger partial charge in [-0.1, -0.05) is 18.2 Å². The van der Waals surface area contributed by atoms with Gasteiger partial charge in [0.05, 0.1) is 24.8 Å². The van der Waals surface area contributed by atoms with Crippen molar-refractivity contribution in [1.82, 2.24) is 13.9 Å². The topological polar surface area (TPSA) is 149 Å². The average Bonchev–Trinajstić information content (AvgIpc) is 3.47. The Morgan fingerprint density at radius 3 is 2.21 bits per heavy atom. The van der Waals surface area contributed by atoms with E-state index in [-0.39, 0.29) is 27.7 Å². The first kappa shape index (κ1) is 30.0. The smallest absolute Gasteiger partial charge is 0.291 e. The van der Waals surface area contributed by atoms with Crippen molar-refractivity contribution in [2.24, 2.45) is 0 Å². The van der Waals surface area contributed by atoms with Gasteiger partial charge in [-0.2, -0.15) is 0 Å². The number of Topliss-reactive ketones (excluding diaryl/α,β-unsaturated/α-hetero) is 1. The summed E-state index contributed by atoms with van der Waals surface area (Å²) in [5.74, 6) is -1.70. The van der Waals surface area contributed by atoms with E-state index >= 15 is 0 Å². The van der Waals surface area contributed by atoms with Crippen molar-refractivity contribution in [1.29, 1.82) is 0 Å². The van der Waals surface area contributed by atoms with E-state index in [1.807, 2.05) is 0 Å². The number of hydrogen-bond acceptors (Lipinski definition) is 8. The predicted octanol–water partition coefficient (Wildman–Crippen LogP) is 3.47. The van der Waals surface area contributed by atoms with Crippen LogP contribution in [0.4, 0.5) is 11.4 Å². The summed E-state index contributed by atoms with van der Waals surface area (Å²) in [6.07, 6.45) is 2.67. The molecular formula is C29H29N5O7S. The number of rotatable bonds is 11. The summed E-state index contributed by atoms with van der Waals surface area (Å²) >= 11 is 0. The lowest BCUT2D eigenvalue weighted by atomic mass is 10.0. The molecule has 4 aromatic rings. The second-order valence-electron chi connectivity index (χ2n) is 9.11. The molecule has 1 unspecified atom stereocenters. The number of carbonyl (C=O) groups is 3. The maximum atomic E-state index is 13.8. The van der Waals surface area contributed by atoms with E-state index in [1.54, 1.807) is 42.5 Å². The Morgan fingerprint density at radius 1 is 0.905 bits per heavy atom. The Hall–Kier alpha value is -5.01. The monoisotopic (exact) mass is 591 g/mol. The third-order valence-electron chi connectivity index (χ3n) is 6.26. The number of carbonyl (C=O) groups excluding carboxylic acids is 3. The Kier molecular flexibility index (Phi) is 9.03. The minimum atomic E-state index is -3.78. The van der Waals surface area contributed by atoms with Crippen molar-refractivity contribution in [2.75, 3.05) is 38.9 Å². The van der Waals surface area contributed by atoms with Gasteiger partial charge in [0.1, 0.15) is 11.5 Å². The van der Waals surface area contributed by atoms with E-state index in [0.717, 1.165) is 4.31 Å². The van der Waals surface area contributed by atoms with Crippen molar-refractivity contribution in [3.63, 3.8) is 0 Å². The maximum Gasteiger partial charge on any atom is 0.291 e. The van der Waals surface area contributed by atoms with Gasteiger partial charge in [-0.05, 0) is 48.5 Å². The summed E-state index contributed by atoms with van der Waals surface area (Å²) in [6, 6.07) is 17.2. The molecule has 1 aromatic heterocycles. The Balaban J connectivity index is 1.73. The molecule has 1 atom stereocenters. The number of nitrogens with zero attached hydrogens (tertiary/aromatic N) is 3. The molecule has 0 radical (unpaired) electrons. The van der Waals surface area contributed by atoms with E-state index in [9.17, 15) is 22.8 Å². The summed E-state index contributed by atoms with van der Waals surface area (Å²) in [5, 5.41) is 5.36. The molecule has 12 nitrogen and oxygen atoms in total. The SMILES string of the molecule is COc1ccc(C(=O)C(C(=O)Nc2ccc(S(=O)(=O)N(C)C)cc2OC)n2ccnc2C(=O)Nc2ccccc2)cc1. The van der Waals surface area contributed by atoms with Crippen LogP contribution < -0.4 is 20.1 Å². The molecular weight excluding hydrogens is 562 g/mol. The molecule has 0 fully saturated rings. The molecule has 0 aliphatic rings. The minimum absolute atomic E-state index is 0.0506. The van der Waals surface area contributed by atoms with E-state index in [1.165, 1.54) is 75.6 Å². The number of hydrogen-bond donors (Lipinski definition) is 2. The number of imidazole rings is 1. The van der Waals surface area contributed by atoms with Crippen molar-refractivity contribution < 1.29 is 32.3 Å². The molecule has 0 saturated heterocycles. The van der Waals surface area contributed by atoms with Crippen LogP contribution in [0, 0.1) is 0 Å². The fourth-order valence-corrected chi connectivity index (χ4v) is 4.96. The first-order valence-corrected chi connectivity index (χ1v) is 14.0. The normalized spacial score (nSPS) is 11.9. The van der Waals surface area contributed by atoms with Crippen LogP contribution in [0.2, 0.25) is 0 Å². The van der Waals surface area contributed by atoms with Gasteiger partial charge >= 0.3 is 0 Å². The number of methoxy groups -OCH3 is 2. The van der Waals surface area contributed by atoms with Crippen molar-refractivity contribution >= 4 is 39.0 Å². The molecule has 3 aromatic carbocycles. The molecule has 0 bridgehead atoms. The van der Waals surface area contributed by atoms with Gasteiger partial charge in [-0.15, -0.1) is 0 Å². The first-order chi connectivity index (χ1) is 20.1. The molecule has 13 heteroatoms. The van der Waals surface area contributed by atoms with Crippen LogP contribution in [0.5, 0.6) is 11.5 Å². The largest absolute Gasteiger partial charge is 0.497 e. The van der Waals surface area contributed by atoms with E-state index < -0.39 is 33.7 Å². The number of amides is 2. The van der Waals surface area contributed by atoms with Crippen molar-refractivity contribution in [3.05, 3.63) is 96.6 Å². The third kappa shape index (κ3) is 6.32. The molecule has 2 amide bonds. The van der Waals surface area contributed by atoms with Crippen molar-refractivity contribution in [3.8, 4) is 11.5 Å². The average molecular weight is 592 g/mol. The Bertz CT molecular complexity index is 1700. The molecule has 0 saturated carbocycles. The lowest BCUT2D eigenvalue weighted by molar-refractivity contribution is -0.118. The number of sulfonamides is 1. The first-order valence-electron chi connectivity index (χ1n) is 12.6. The molecule has 2 N–H and O–H groups in total. The van der Waals surface area contributed by atoms with Crippen LogP contribution in [0.25, 0.3) is 0 Å². The number of ketones is 1. The lowest BCUT2D eigenvalue weighted by Gasteiger charge is -2.21. The molecule has 0 aliphatic carbocycles. The van der Waals surface area contributed by atoms with Crippen LogP contribution in [0.1, 0.15) is 27.0 Å². The molecule has 0 spiro atoms. The van der Waals surface area contributed by atoms with Crippen LogP contribution in [-0.4, -0.2) is 68.2 Å². The molecule has 4 rings (SSSR count).